The molecule has 1 amide bonds. The molecule has 5 nitrogen and oxygen atoms in total. The van der Waals surface area contributed by atoms with Gasteiger partial charge in [-0.05, 0) is 42.9 Å². The highest BCUT2D eigenvalue weighted by Crippen LogP contribution is 2.24. The van der Waals surface area contributed by atoms with Crippen LogP contribution >= 0.6 is 11.5 Å². The maximum Gasteiger partial charge on any atom is 0.256 e. The third kappa shape index (κ3) is 3.44. The number of aromatic nitrogens is 1. The number of rotatable bonds is 5. The number of anilines is 1. The van der Waals surface area contributed by atoms with Crippen LogP contribution in [0.1, 0.15) is 34.1 Å². The van der Waals surface area contributed by atoms with Gasteiger partial charge in [-0.1, -0.05) is 24.3 Å². The number of hydrogen-bond acceptors (Lipinski definition) is 5. The summed E-state index contributed by atoms with van der Waals surface area (Å²) in [5, 5.41) is 6.94. The fraction of sp³-hybridized carbons (Fsp3) is 0.444. The van der Waals surface area contributed by atoms with Gasteiger partial charge in [0.2, 0.25) is 0 Å². The molecule has 0 saturated carbocycles. The first-order valence-corrected chi connectivity index (χ1v) is 9.10. The van der Waals surface area contributed by atoms with E-state index in [4.69, 9.17) is 0 Å². The second kappa shape index (κ2) is 7.32. The quantitative estimate of drug-likeness (QED) is 0.876. The Labute approximate surface area is 147 Å². The van der Waals surface area contributed by atoms with Crippen LogP contribution in [-0.4, -0.2) is 41.4 Å². The molecule has 0 spiro atoms. The van der Waals surface area contributed by atoms with Crippen molar-refractivity contribution in [2.45, 2.75) is 32.9 Å². The van der Waals surface area contributed by atoms with Gasteiger partial charge in [0.25, 0.3) is 5.91 Å². The average molecular weight is 344 g/mol. The highest BCUT2D eigenvalue weighted by molar-refractivity contribution is 7.10. The van der Waals surface area contributed by atoms with E-state index in [1.165, 1.54) is 22.7 Å². The maximum absolute atomic E-state index is 12.5. The predicted octanol–water partition coefficient (Wildman–Crippen LogP) is 2.67. The Morgan fingerprint density at radius 3 is 2.88 bits per heavy atom. The Balaban J connectivity index is 1.59. The van der Waals surface area contributed by atoms with Crippen molar-refractivity contribution in [1.29, 1.82) is 0 Å². The van der Waals surface area contributed by atoms with Crippen molar-refractivity contribution in [3.63, 3.8) is 0 Å². The molecule has 1 aromatic heterocycles. The summed E-state index contributed by atoms with van der Waals surface area (Å²) in [5.41, 5.74) is 4.29. The Bertz CT molecular complexity index is 728. The predicted molar refractivity (Wildman–Crippen MR) is 98.7 cm³/mol. The minimum absolute atomic E-state index is 0.0464. The van der Waals surface area contributed by atoms with E-state index in [2.05, 4.69) is 51.1 Å². The van der Waals surface area contributed by atoms with Crippen LogP contribution in [0.3, 0.4) is 0 Å². The summed E-state index contributed by atoms with van der Waals surface area (Å²) in [4.78, 5) is 14.9. The van der Waals surface area contributed by atoms with Gasteiger partial charge < -0.3 is 10.6 Å². The van der Waals surface area contributed by atoms with Gasteiger partial charge in [-0.15, -0.1) is 0 Å². The largest absolute Gasteiger partial charge is 0.378 e. The number of carbonyl (C=O) groups is 1. The van der Waals surface area contributed by atoms with Gasteiger partial charge >= 0.3 is 0 Å². The third-order valence-corrected chi connectivity index (χ3v) is 5.61. The average Bonchev–Trinajstić information content (AvgIpc) is 2.99. The number of benzene rings is 1. The van der Waals surface area contributed by atoms with Crippen LogP contribution in [0, 0.1) is 6.92 Å². The molecule has 0 unspecified atom stereocenters. The van der Waals surface area contributed by atoms with Crippen molar-refractivity contribution >= 4 is 22.4 Å². The highest BCUT2D eigenvalue weighted by atomic mass is 32.1. The number of amides is 1. The van der Waals surface area contributed by atoms with E-state index in [0.29, 0.717) is 18.2 Å². The summed E-state index contributed by atoms with van der Waals surface area (Å²) in [5.74, 6) is -0.0464. The van der Waals surface area contributed by atoms with Crippen molar-refractivity contribution < 1.29 is 4.79 Å². The first-order chi connectivity index (χ1) is 11.6. The molecule has 128 valence electrons. The number of hydrogen-bond donors (Lipinski definition) is 2. The van der Waals surface area contributed by atoms with E-state index in [1.807, 2.05) is 14.0 Å². The molecular weight excluding hydrogens is 320 g/mol. The van der Waals surface area contributed by atoms with Crippen LogP contribution in [0.2, 0.25) is 0 Å². The summed E-state index contributed by atoms with van der Waals surface area (Å²) < 4.78 is 4.26. The lowest BCUT2D eigenvalue weighted by atomic mass is 9.99. The second-order valence-electron chi connectivity index (χ2n) is 6.27. The van der Waals surface area contributed by atoms with Gasteiger partial charge in [0.15, 0.2) is 0 Å². The number of nitrogens with zero attached hydrogens (tertiary/aromatic N) is 2. The van der Waals surface area contributed by atoms with Crippen molar-refractivity contribution in [3.05, 3.63) is 46.6 Å². The normalized spacial score (nSPS) is 15.6. The Hall–Kier alpha value is -1.92. The molecule has 0 saturated heterocycles. The van der Waals surface area contributed by atoms with E-state index in [1.54, 1.807) is 0 Å². The van der Waals surface area contributed by atoms with E-state index in [-0.39, 0.29) is 5.91 Å². The van der Waals surface area contributed by atoms with Crippen molar-refractivity contribution in [1.82, 2.24) is 14.6 Å². The molecule has 6 heteroatoms. The zero-order valence-corrected chi connectivity index (χ0v) is 15.2. The minimum Gasteiger partial charge on any atom is -0.378 e. The Morgan fingerprint density at radius 2 is 2.12 bits per heavy atom. The van der Waals surface area contributed by atoms with Crippen LogP contribution in [-0.2, 0) is 13.0 Å². The van der Waals surface area contributed by atoms with Crippen LogP contribution < -0.4 is 10.6 Å². The van der Waals surface area contributed by atoms with Gasteiger partial charge in [0.05, 0.1) is 11.3 Å². The molecule has 0 bridgehead atoms. The van der Waals surface area contributed by atoms with E-state index in [9.17, 15) is 4.79 Å². The molecule has 2 aromatic rings. The lowest BCUT2D eigenvalue weighted by Crippen LogP contribution is -2.44. The van der Waals surface area contributed by atoms with Crippen molar-refractivity contribution in [3.8, 4) is 0 Å². The molecule has 1 aliphatic rings. The zero-order chi connectivity index (χ0) is 17.1. The van der Waals surface area contributed by atoms with E-state index < -0.39 is 0 Å². The standard InChI is InChI=1S/C18H24N4OS/c1-12(22-9-8-14-6-4-5-7-15(14)11-22)10-20-17(23)16-13(2)21-24-18(16)19-3/h4-7,12,19H,8-11H2,1-3H3,(H,20,23)/t12-/m1/s1. The monoisotopic (exact) mass is 344 g/mol. The molecule has 0 radical (unpaired) electrons. The smallest absolute Gasteiger partial charge is 0.256 e. The van der Waals surface area contributed by atoms with Gasteiger partial charge in [-0.2, -0.15) is 4.37 Å². The maximum atomic E-state index is 12.5. The number of fused-ring (bicyclic) bond motifs is 1. The first-order valence-electron chi connectivity index (χ1n) is 8.33. The molecule has 1 aromatic carbocycles. The number of nitrogens with one attached hydrogen (secondary N) is 2. The fourth-order valence-corrected chi connectivity index (χ4v) is 3.90. The lowest BCUT2D eigenvalue weighted by Gasteiger charge is -2.33. The van der Waals surface area contributed by atoms with Gasteiger partial charge in [-0.3, -0.25) is 9.69 Å². The van der Waals surface area contributed by atoms with Crippen LogP contribution in [0.25, 0.3) is 0 Å². The molecule has 1 aliphatic heterocycles. The molecule has 2 N–H and O–H groups in total. The summed E-state index contributed by atoms with van der Waals surface area (Å²) in [6.07, 6.45) is 1.08. The van der Waals surface area contributed by atoms with Crippen molar-refractivity contribution in [2.75, 3.05) is 25.5 Å². The number of aryl methyl sites for hydroxylation is 1. The molecule has 24 heavy (non-hydrogen) atoms. The molecule has 0 fully saturated rings. The summed E-state index contributed by atoms with van der Waals surface area (Å²) in [6, 6.07) is 8.92. The SMILES string of the molecule is CNc1snc(C)c1C(=O)NC[C@@H](C)N1CCc2ccccc2C1. The lowest BCUT2D eigenvalue weighted by molar-refractivity contribution is 0.0933. The van der Waals surface area contributed by atoms with Gasteiger partial charge in [0.1, 0.15) is 5.00 Å². The molecular formula is C18H24N4OS. The summed E-state index contributed by atoms with van der Waals surface area (Å²) >= 11 is 1.33. The highest BCUT2D eigenvalue weighted by Gasteiger charge is 2.22. The topological polar surface area (TPSA) is 57.3 Å². The summed E-state index contributed by atoms with van der Waals surface area (Å²) in [6.45, 7) is 6.67. The molecule has 2 heterocycles. The van der Waals surface area contributed by atoms with E-state index >= 15 is 0 Å². The van der Waals surface area contributed by atoms with Crippen LogP contribution in [0.4, 0.5) is 5.00 Å². The van der Waals surface area contributed by atoms with Crippen molar-refractivity contribution in [2.24, 2.45) is 0 Å². The first kappa shape index (κ1) is 16.9. The second-order valence-corrected chi connectivity index (χ2v) is 7.04. The fourth-order valence-electron chi connectivity index (χ4n) is 3.16. The zero-order valence-electron chi connectivity index (χ0n) is 14.4. The Kier molecular flexibility index (Phi) is 5.16. The molecule has 0 aliphatic carbocycles. The molecule has 1 atom stereocenters. The summed E-state index contributed by atoms with van der Waals surface area (Å²) in [7, 11) is 1.82. The van der Waals surface area contributed by atoms with Gasteiger partial charge in [0, 0.05) is 32.7 Å². The third-order valence-electron chi connectivity index (χ3n) is 4.66. The molecule has 3 rings (SSSR count). The minimum atomic E-state index is -0.0464. The van der Waals surface area contributed by atoms with E-state index in [0.717, 1.165) is 30.2 Å². The number of carbonyl (C=O) groups excluding carboxylic acids is 1. The Morgan fingerprint density at radius 1 is 1.38 bits per heavy atom. The van der Waals surface area contributed by atoms with Crippen LogP contribution in [0.15, 0.2) is 24.3 Å². The van der Waals surface area contributed by atoms with Crippen LogP contribution in [0.5, 0.6) is 0 Å². The van der Waals surface area contributed by atoms with Gasteiger partial charge in [-0.25, -0.2) is 0 Å².